The average molecular weight is 447 g/mol. The molecule has 2 aromatic heterocycles. The van der Waals surface area contributed by atoms with Crippen LogP contribution in [-0.2, 0) is 14.3 Å². The fraction of sp³-hybridized carbons (Fsp3) is 0.261. The first-order chi connectivity index (χ1) is 16.0. The zero-order chi connectivity index (χ0) is 23.4. The maximum atomic E-state index is 13.5. The van der Waals surface area contributed by atoms with Gasteiger partial charge in [-0.15, -0.1) is 0 Å². The number of hydrogen-bond donors (Lipinski definition) is 3. The topological polar surface area (TPSA) is 149 Å². The molecule has 10 nitrogen and oxygen atoms in total. The molecule has 1 aliphatic heterocycles. The van der Waals surface area contributed by atoms with E-state index >= 15 is 0 Å². The van der Waals surface area contributed by atoms with Gasteiger partial charge in [0.15, 0.2) is 5.78 Å². The lowest BCUT2D eigenvalue weighted by atomic mass is 9.96. The van der Waals surface area contributed by atoms with E-state index in [4.69, 9.17) is 16.2 Å². The summed E-state index contributed by atoms with van der Waals surface area (Å²) in [6, 6.07) is 7.52. The number of methoxy groups -OCH3 is 1. The van der Waals surface area contributed by atoms with Gasteiger partial charge in [-0.05, 0) is 47.5 Å². The second kappa shape index (κ2) is 9.72. The first kappa shape index (κ1) is 22.3. The van der Waals surface area contributed by atoms with Crippen LogP contribution in [0.2, 0.25) is 0 Å². The van der Waals surface area contributed by atoms with E-state index in [-0.39, 0.29) is 18.3 Å². The standard InChI is InChI=1S/C23H25N7O3/c1-33-12-18-23(32)26-8-9-30(18)21(19(31)6-2-14-3-7-20(24)27-11-14)15-4-5-16-17(10-15)28-13-29-22(16)25/h2-7,10-11,13,18,21H,8-9,12H2,1H3,(H2,24,27)(H,26,32)(H2,25,28,29)/t18-,21?/m0/s1. The minimum Gasteiger partial charge on any atom is -0.384 e. The van der Waals surface area contributed by atoms with Crippen molar-refractivity contribution in [2.75, 3.05) is 38.3 Å². The number of aromatic nitrogens is 3. The van der Waals surface area contributed by atoms with E-state index in [2.05, 4.69) is 20.3 Å². The van der Waals surface area contributed by atoms with Gasteiger partial charge in [0.25, 0.3) is 0 Å². The van der Waals surface area contributed by atoms with E-state index in [1.54, 1.807) is 30.5 Å². The summed E-state index contributed by atoms with van der Waals surface area (Å²) in [6.45, 7) is 1.07. The van der Waals surface area contributed by atoms with Gasteiger partial charge in [0.05, 0.1) is 18.2 Å². The number of benzene rings is 1. The number of fused-ring (bicyclic) bond motifs is 1. The molecule has 1 aromatic carbocycles. The zero-order valence-electron chi connectivity index (χ0n) is 18.1. The number of ether oxygens (including phenoxy) is 1. The van der Waals surface area contributed by atoms with Gasteiger partial charge in [-0.3, -0.25) is 14.5 Å². The van der Waals surface area contributed by atoms with E-state index in [0.717, 1.165) is 5.56 Å². The van der Waals surface area contributed by atoms with Gasteiger partial charge in [-0.25, -0.2) is 15.0 Å². The third-order valence-corrected chi connectivity index (χ3v) is 5.55. The van der Waals surface area contributed by atoms with E-state index in [1.807, 2.05) is 17.0 Å². The Morgan fingerprint density at radius 1 is 1.27 bits per heavy atom. The Balaban J connectivity index is 1.75. The second-order valence-corrected chi connectivity index (χ2v) is 7.69. The quantitative estimate of drug-likeness (QED) is 0.450. The fourth-order valence-corrected chi connectivity index (χ4v) is 3.94. The van der Waals surface area contributed by atoms with Gasteiger partial charge >= 0.3 is 0 Å². The Morgan fingerprint density at radius 2 is 2.12 bits per heavy atom. The van der Waals surface area contributed by atoms with Crippen molar-refractivity contribution in [3.8, 4) is 0 Å². The third-order valence-electron chi connectivity index (χ3n) is 5.55. The molecular formula is C23H25N7O3. The van der Waals surface area contributed by atoms with E-state index in [0.29, 0.717) is 41.2 Å². The maximum Gasteiger partial charge on any atom is 0.239 e. The van der Waals surface area contributed by atoms with Crippen molar-refractivity contribution in [3.63, 3.8) is 0 Å². The van der Waals surface area contributed by atoms with Crippen molar-refractivity contribution in [2.45, 2.75) is 12.1 Å². The lowest BCUT2D eigenvalue weighted by Crippen LogP contribution is -2.58. The van der Waals surface area contributed by atoms with Crippen molar-refractivity contribution >= 4 is 40.3 Å². The molecule has 1 aliphatic rings. The molecule has 2 atom stereocenters. The summed E-state index contributed by atoms with van der Waals surface area (Å²) in [7, 11) is 1.53. The predicted molar refractivity (Wildman–Crippen MR) is 125 cm³/mol. The van der Waals surface area contributed by atoms with Crippen LogP contribution in [0, 0.1) is 0 Å². The first-order valence-corrected chi connectivity index (χ1v) is 10.4. The number of piperazine rings is 1. The van der Waals surface area contributed by atoms with E-state index in [1.165, 1.54) is 19.5 Å². The Morgan fingerprint density at radius 3 is 2.88 bits per heavy atom. The van der Waals surface area contributed by atoms with Crippen molar-refractivity contribution in [1.82, 2.24) is 25.2 Å². The highest BCUT2D eigenvalue weighted by Crippen LogP contribution is 2.29. The van der Waals surface area contributed by atoms with Crippen LogP contribution in [0.5, 0.6) is 0 Å². The number of nitrogen functional groups attached to an aromatic ring is 2. The molecule has 33 heavy (non-hydrogen) atoms. The van der Waals surface area contributed by atoms with Crippen LogP contribution in [0.25, 0.3) is 17.0 Å². The Bertz CT molecular complexity index is 1200. The summed E-state index contributed by atoms with van der Waals surface area (Å²) >= 11 is 0. The molecule has 1 amide bonds. The van der Waals surface area contributed by atoms with E-state index < -0.39 is 12.1 Å². The molecule has 0 spiro atoms. The van der Waals surface area contributed by atoms with Crippen LogP contribution < -0.4 is 16.8 Å². The Labute approximate surface area is 190 Å². The van der Waals surface area contributed by atoms with Gasteiger partial charge in [-0.1, -0.05) is 6.07 Å². The first-order valence-electron chi connectivity index (χ1n) is 10.4. The van der Waals surface area contributed by atoms with Crippen LogP contribution in [0.4, 0.5) is 11.6 Å². The van der Waals surface area contributed by atoms with E-state index in [9.17, 15) is 9.59 Å². The summed E-state index contributed by atoms with van der Waals surface area (Å²) in [6.07, 6.45) is 6.14. The van der Waals surface area contributed by atoms with Crippen molar-refractivity contribution < 1.29 is 14.3 Å². The highest BCUT2D eigenvalue weighted by Gasteiger charge is 2.38. The van der Waals surface area contributed by atoms with Gasteiger partial charge in [0, 0.05) is 31.8 Å². The molecule has 1 fully saturated rings. The summed E-state index contributed by atoms with van der Waals surface area (Å²) in [4.78, 5) is 40.4. The summed E-state index contributed by atoms with van der Waals surface area (Å²) in [5.41, 5.74) is 13.7. The van der Waals surface area contributed by atoms with Gasteiger partial charge in [-0.2, -0.15) is 0 Å². The molecule has 0 bridgehead atoms. The third kappa shape index (κ3) is 4.81. The number of ketones is 1. The summed E-state index contributed by atoms with van der Waals surface area (Å²) in [5.74, 6) is 0.388. The van der Waals surface area contributed by atoms with Gasteiger partial charge < -0.3 is 21.5 Å². The van der Waals surface area contributed by atoms with Crippen molar-refractivity contribution in [2.24, 2.45) is 0 Å². The number of nitrogens with two attached hydrogens (primary N) is 2. The lowest BCUT2D eigenvalue weighted by Gasteiger charge is -2.39. The largest absolute Gasteiger partial charge is 0.384 e. The number of carbonyl (C=O) groups is 2. The number of anilines is 2. The molecule has 10 heteroatoms. The fourth-order valence-electron chi connectivity index (χ4n) is 3.94. The molecule has 170 valence electrons. The van der Waals surface area contributed by atoms with Crippen molar-refractivity contribution in [1.29, 1.82) is 0 Å². The summed E-state index contributed by atoms with van der Waals surface area (Å²) < 4.78 is 5.29. The van der Waals surface area contributed by atoms with Crippen molar-refractivity contribution in [3.05, 3.63) is 60.1 Å². The van der Waals surface area contributed by atoms with Crippen LogP contribution in [0.1, 0.15) is 17.2 Å². The van der Waals surface area contributed by atoms with Gasteiger partial charge in [0.1, 0.15) is 24.0 Å². The molecule has 0 radical (unpaired) electrons. The molecule has 0 saturated carbocycles. The molecular weight excluding hydrogens is 422 g/mol. The van der Waals surface area contributed by atoms with Crippen LogP contribution in [-0.4, -0.2) is 64.4 Å². The van der Waals surface area contributed by atoms with Crippen LogP contribution in [0.15, 0.2) is 48.9 Å². The van der Waals surface area contributed by atoms with Crippen LogP contribution >= 0.6 is 0 Å². The minimum absolute atomic E-state index is 0.157. The zero-order valence-corrected chi connectivity index (χ0v) is 18.1. The Hall–Kier alpha value is -3.89. The number of hydrogen-bond acceptors (Lipinski definition) is 9. The molecule has 1 saturated heterocycles. The molecule has 1 unspecified atom stereocenters. The number of pyridine rings is 1. The summed E-state index contributed by atoms with van der Waals surface area (Å²) in [5, 5.41) is 3.54. The molecule has 4 rings (SSSR count). The number of amides is 1. The number of carbonyl (C=O) groups excluding carboxylic acids is 2. The van der Waals surface area contributed by atoms with Gasteiger partial charge in [0.2, 0.25) is 5.91 Å². The number of rotatable bonds is 7. The molecule has 5 N–H and O–H groups in total. The maximum absolute atomic E-state index is 13.5. The molecule has 3 aromatic rings. The number of nitrogens with one attached hydrogen (secondary N) is 1. The molecule has 0 aliphatic carbocycles. The smallest absolute Gasteiger partial charge is 0.239 e. The minimum atomic E-state index is -0.727. The second-order valence-electron chi connectivity index (χ2n) is 7.69. The predicted octanol–water partition coefficient (Wildman–Crippen LogP) is 0.960. The Kier molecular flexibility index (Phi) is 6.57. The average Bonchev–Trinajstić information content (AvgIpc) is 2.81. The highest BCUT2D eigenvalue weighted by atomic mass is 16.5. The van der Waals surface area contributed by atoms with Crippen LogP contribution in [0.3, 0.4) is 0 Å². The SMILES string of the molecule is COC[C@H]1C(=O)NCCN1C(C(=O)C=Cc1ccc(N)nc1)c1ccc2c(N)ncnc2c1. The number of nitrogens with zero attached hydrogens (tertiary/aromatic N) is 4. The highest BCUT2D eigenvalue weighted by molar-refractivity contribution is 5.99. The normalized spacial score (nSPS) is 17.8. The molecule has 3 heterocycles. The monoisotopic (exact) mass is 447 g/mol. The lowest BCUT2D eigenvalue weighted by molar-refractivity contribution is -0.135.